The second-order valence-corrected chi connectivity index (χ2v) is 5.66. The molecule has 0 heterocycles. The maximum Gasteiger partial charge on any atom is 0.123 e. The zero-order chi connectivity index (χ0) is 15.2. The van der Waals surface area contributed by atoms with Crippen molar-refractivity contribution in [1.82, 2.24) is 4.90 Å². The number of halogens is 1. The molecule has 0 aliphatic heterocycles. The van der Waals surface area contributed by atoms with Crippen LogP contribution in [0.25, 0.3) is 0 Å². The lowest BCUT2D eigenvalue weighted by atomic mass is 10.0. The first-order chi connectivity index (χ1) is 10.1. The van der Waals surface area contributed by atoms with Crippen LogP contribution >= 0.6 is 12.2 Å². The molecule has 2 nitrogen and oxygen atoms in total. The summed E-state index contributed by atoms with van der Waals surface area (Å²) in [4.78, 5) is 2.68. The Bertz CT molecular complexity index is 583. The molecule has 0 saturated carbocycles. The van der Waals surface area contributed by atoms with Crippen LogP contribution in [0.3, 0.4) is 0 Å². The van der Waals surface area contributed by atoms with E-state index in [0.717, 1.165) is 5.56 Å². The molecule has 0 aliphatic rings. The van der Waals surface area contributed by atoms with Crippen molar-refractivity contribution in [2.75, 3.05) is 7.05 Å². The smallest absolute Gasteiger partial charge is 0.123 e. The second-order valence-electron chi connectivity index (χ2n) is 5.14. The quantitative estimate of drug-likeness (QED) is 0.826. The van der Waals surface area contributed by atoms with Crippen LogP contribution in [0.15, 0.2) is 54.6 Å². The Morgan fingerprint density at radius 1 is 1.14 bits per heavy atom. The first kappa shape index (κ1) is 15.6. The topological polar surface area (TPSA) is 29.3 Å². The van der Waals surface area contributed by atoms with Crippen molar-refractivity contribution in [3.05, 3.63) is 71.5 Å². The molecule has 0 amide bonds. The van der Waals surface area contributed by atoms with Crippen molar-refractivity contribution in [3.8, 4) is 0 Å². The minimum Gasteiger partial charge on any atom is -0.393 e. The zero-order valence-electron chi connectivity index (χ0n) is 12.0. The van der Waals surface area contributed by atoms with Crippen molar-refractivity contribution in [2.45, 2.75) is 19.0 Å². The van der Waals surface area contributed by atoms with Crippen molar-refractivity contribution in [1.29, 1.82) is 0 Å². The van der Waals surface area contributed by atoms with Gasteiger partial charge in [0, 0.05) is 19.0 Å². The van der Waals surface area contributed by atoms with Crippen LogP contribution in [0.4, 0.5) is 4.39 Å². The molecular formula is C17H19FN2S. The molecule has 0 aliphatic carbocycles. The van der Waals surface area contributed by atoms with Gasteiger partial charge in [0.25, 0.3) is 0 Å². The Balaban J connectivity index is 2.16. The molecule has 1 atom stereocenters. The van der Waals surface area contributed by atoms with Gasteiger partial charge in [0.1, 0.15) is 5.82 Å². The Hall–Kier alpha value is -1.78. The SMILES string of the molecule is CN(Cc1ccc(F)cc1)C(CC(N)=S)c1ccccc1. The average Bonchev–Trinajstić information content (AvgIpc) is 2.48. The highest BCUT2D eigenvalue weighted by atomic mass is 32.1. The lowest BCUT2D eigenvalue weighted by Crippen LogP contribution is -2.28. The normalized spacial score (nSPS) is 12.3. The van der Waals surface area contributed by atoms with E-state index in [1.165, 1.54) is 17.7 Å². The van der Waals surface area contributed by atoms with Crippen LogP contribution in [-0.4, -0.2) is 16.9 Å². The van der Waals surface area contributed by atoms with Crippen molar-refractivity contribution < 1.29 is 4.39 Å². The van der Waals surface area contributed by atoms with E-state index in [4.69, 9.17) is 18.0 Å². The summed E-state index contributed by atoms with van der Waals surface area (Å²) >= 11 is 5.07. The number of hydrogen-bond acceptors (Lipinski definition) is 2. The third-order valence-electron chi connectivity index (χ3n) is 3.46. The number of hydrogen-bond donors (Lipinski definition) is 1. The van der Waals surface area contributed by atoms with Gasteiger partial charge >= 0.3 is 0 Å². The molecule has 2 aromatic carbocycles. The number of thiocarbonyl (C=S) groups is 1. The molecule has 2 N–H and O–H groups in total. The summed E-state index contributed by atoms with van der Waals surface area (Å²) in [6.45, 7) is 0.711. The fourth-order valence-corrected chi connectivity index (χ4v) is 2.54. The standard InChI is InChI=1S/C17H19FN2S/c1-20(12-13-7-9-15(18)10-8-13)16(11-17(19)21)14-5-3-2-4-6-14/h2-10,16H,11-12H2,1H3,(H2,19,21). The molecule has 1 unspecified atom stereocenters. The van der Waals surface area contributed by atoms with Crippen LogP contribution in [-0.2, 0) is 6.54 Å². The third kappa shape index (κ3) is 4.62. The first-order valence-corrected chi connectivity index (χ1v) is 7.25. The Kier molecular flexibility index (Phi) is 5.42. The number of nitrogens with zero attached hydrogens (tertiary/aromatic N) is 1. The molecular weight excluding hydrogens is 283 g/mol. The summed E-state index contributed by atoms with van der Waals surface area (Å²) < 4.78 is 13.0. The van der Waals surface area contributed by atoms with Gasteiger partial charge in [0.15, 0.2) is 0 Å². The van der Waals surface area contributed by atoms with Gasteiger partial charge in [-0.3, -0.25) is 4.90 Å². The van der Waals surface area contributed by atoms with Crippen molar-refractivity contribution in [3.63, 3.8) is 0 Å². The predicted molar refractivity (Wildman–Crippen MR) is 88.5 cm³/mol. The lowest BCUT2D eigenvalue weighted by molar-refractivity contribution is 0.242. The molecule has 0 bridgehead atoms. The van der Waals surface area contributed by atoms with E-state index in [9.17, 15) is 4.39 Å². The Labute approximate surface area is 130 Å². The minimum absolute atomic E-state index is 0.119. The third-order valence-corrected chi connectivity index (χ3v) is 3.62. The van der Waals surface area contributed by atoms with Crippen LogP contribution in [0, 0.1) is 5.82 Å². The fourth-order valence-electron chi connectivity index (χ4n) is 2.38. The van der Waals surface area contributed by atoms with Crippen molar-refractivity contribution >= 4 is 17.2 Å². The molecule has 0 fully saturated rings. The Morgan fingerprint density at radius 3 is 2.33 bits per heavy atom. The summed E-state index contributed by atoms with van der Waals surface area (Å²) in [7, 11) is 2.03. The fraction of sp³-hybridized carbons (Fsp3) is 0.235. The summed E-state index contributed by atoms with van der Waals surface area (Å²) in [6, 6.07) is 16.8. The number of rotatable bonds is 6. The average molecular weight is 302 g/mol. The maximum atomic E-state index is 13.0. The molecule has 0 saturated heterocycles. The van der Waals surface area contributed by atoms with Gasteiger partial charge in [0.2, 0.25) is 0 Å². The highest BCUT2D eigenvalue weighted by Crippen LogP contribution is 2.24. The minimum atomic E-state index is -0.218. The van der Waals surface area contributed by atoms with Crippen LogP contribution in [0.2, 0.25) is 0 Å². The van der Waals surface area contributed by atoms with E-state index in [2.05, 4.69) is 17.0 Å². The van der Waals surface area contributed by atoms with Gasteiger partial charge in [0.05, 0.1) is 4.99 Å². The van der Waals surface area contributed by atoms with Gasteiger partial charge in [-0.1, -0.05) is 54.7 Å². The summed E-state index contributed by atoms with van der Waals surface area (Å²) in [5, 5.41) is 0. The highest BCUT2D eigenvalue weighted by Gasteiger charge is 2.18. The monoisotopic (exact) mass is 302 g/mol. The zero-order valence-corrected chi connectivity index (χ0v) is 12.8. The summed E-state index contributed by atoms with van der Waals surface area (Å²) in [6.07, 6.45) is 0.622. The van der Waals surface area contributed by atoms with Gasteiger partial charge in [-0.25, -0.2) is 4.39 Å². The molecule has 0 aromatic heterocycles. The second kappa shape index (κ2) is 7.29. The molecule has 0 spiro atoms. The molecule has 0 radical (unpaired) electrons. The molecule has 4 heteroatoms. The summed E-state index contributed by atoms with van der Waals surface area (Å²) in [5.74, 6) is -0.218. The highest BCUT2D eigenvalue weighted by molar-refractivity contribution is 7.80. The molecule has 2 rings (SSSR count). The van der Waals surface area contributed by atoms with Gasteiger partial charge in [-0.15, -0.1) is 0 Å². The largest absolute Gasteiger partial charge is 0.393 e. The maximum absolute atomic E-state index is 13.0. The number of nitrogens with two attached hydrogens (primary N) is 1. The molecule has 21 heavy (non-hydrogen) atoms. The van der Waals surface area contributed by atoms with E-state index in [0.29, 0.717) is 18.0 Å². The lowest BCUT2D eigenvalue weighted by Gasteiger charge is -2.28. The van der Waals surface area contributed by atoms with E-state index in [1.54, 1.807) is 12.1 Å². The molecule has 110 valence electrons. The predicted octanol–water partition coefficient (Wildman–Crippen LogP) is 3.68. The van der Waals surface area contributed by atoms with E-state index >= 15 is 0 Å². The van der Waals surface area contributed by atoms with Gasteiger partial charge in [-0.2, -0.15) is 0 Å². The molecule has 2 aromatic rings. The first-order valence-electron chi connectivity index (χ1n) is 6.84. The van der Waals surface area contributed by atoms with Crippen LogP contribution in [0.5, 0.6) is 0 Å². The van der Waals surface area contributed by atoms with Crippen LogP contribution < -0.4 is 5.73 Å². The number of benzene rings is 2. The van der Waals surface area contributed by atoms with E-state index in [1.807, 2.05) is 25.2 Å². The van der Waals surface area contributed by atoms with Crippen LogP contribution in [0.1, 0.15) is 23.6 Å². The van der Waals surface area contributed by atoms with Gasteiger partial charge < -0.3 is 5.73 Å². The summed E-state index contributed by atoms with van der Waals surface area (Å²) in [5.41, 5.74) is 7.97. The van der Waals surface area contributed by atoms with Crippen molar-refractivity contribution in [2.24, 2.45) is 5.73 Å². The Morgan fingerprint density at radius 2 is 1.76 bits per heavy atom. The van der Waals surface area contributed by atoms with E-state index < -0.39 is 0 Å². The van der Waals surface area contributed by atoms with Gasteiger partial charge in [-0.05, 0) is 30.3 Å². The van der Waals surface area contributed by atoms with E-state index in [-0.39, 0.29) is 11.9 Å².